The van der Waals surface area contributed by atoms with Crippen molar-refractivity contribution in [1.29, 1.82) is 0 Å². The first-order valence-corrected chi connectivity index (χ1v) is 9.98. The van der Waals surface area contributed by atoms with Crippen LogP contribution in [-0.4, -0.2) is 17.7 Å². The first kappa shape index (κ1) is 24.4. The molecule has 0 heterocycles. The minimum Gasteiger partial charge on any atom is -0.748 e. The Kier molecular flexibility index (Phi) is 11.5. The molecule has 0 fully saturated rings. The summed E-state index contributed by atoms with van der Waals surface area (Å²) in [4.78, 5) is 0. The van der Waals surface area contributed by atoms with Crippen molar-refractivity contribution in [2.75, 3.05) is 0 Å². The van der Waals surface area contributed by atoms with E-state index in [1.807, 2.05) is 59.7 Å². The number of aryl methyl sites for hydroxylation is 1. The lowest BCUT2D eigenvalue weighted by molar-refractivity contribution is 0.227. The molecule has 0 unspecified atom stereocenters. The van der Waals surface area contributed by atoms with E-state index < -0.39 is 20.3 Å². The molecule has 3 nitrogen and oxygen atoms in total. The maximum atomic E-state index is 11.4. The minimum absolute atomic E-state index is 0.539. The summed E-state index contributed by atoms with van der Waals surface area (Å²) in [6.45, 7) is 14.8. The van der Waals surface area contributed by atoms with Crippen LogP contribution < -0.4 is 0 Å². The SMILES string of the molecule is CC.CC.CC(C)(CCCc1ccccc1)C(C)(C)S(=O)(=O)[O-]. The number of hydrogen-bond acceptors (Lipinski definition) is 3. The zero-order chi connectivity index (χ0) is 18.7. The summed E-state index contributed by atoms with van der Waals surface area (Å²) in [6.07, 6.45) is 2.48. The van der Waals surface area contributed by atoms with Gasteiger partial charge in [-0.05, 0) is 44.1 Å². The van der Waals surface area contributed by atoms with Crippen molar-refractivity contribution in [3.63, 3.8) is 0 Å². The second-order valence-corrected chi connectivity index (χ2v) is 8.12. The molecule has 0 spiro atoms. The Morgan fingerprint density at radius 1 is 0.913 bits per heavy atom. The van der Waals surface area contributed by atoms with E-state index in [2.05, 4.69) is 12.1 Å². The highest BCUT2D eigenvalue weighted by Gasteiger charge is 2.41. The molecule has 1 rings (SSSR count). The molecule has 23 heavy (non-hydrogen) atoms. The van der Waals surface area contributed by atoms with E-state index >= 15 is 0 Å². The van der Waals surface area contributed by atoms with Gasteiger partial charge in [-0.15, -0.1) is 0 Å². The van der Waals surface area contributed by atoms with Gasteiger partial charge in [-0.25, -0.2) is 8.42 Å². The van der Waals surface area contributed by atoms with Crippen LogP contribution in [0.1, 0.15) is 73.8 Å². The van der Waals surface area contributed by atoms with Crippen molar-refractivity contribution in [3.8, 4) is 0 Å². The van der Waals surface area contributed by atoms with E-state index in [-0.39, 0.29) is 0 Å². The summed E-state index contributed by atoms with van der Waals surface area (Å²) in [5.41, 5.74) is 0.698. The smallest absolute Gasteiger partial charge is 0.100 e. The Hall–Kier alpha value is -0.870. The zero-order valence-electron chi connectivity index (χ0n) is 16.1. The van der Waals surface area contributed by atoms with Gasteiger partial charge in [-0.3, -0.25) is 0 Å². The molecule has 0 aromatic heterocycles. The van der Waals surface area contributed by atoms with Crippen molar-refractivity contribution in [2.45, 2.75) is 79.4 Å². The molecular formula is C19H35O3S-. The van der Waals surface area contributed by atoms with Crippen LogP contribution in [0.25, 0.3) is 0 Å². The molecule has 0 amide bonds. The van der Waals surface area contributed by atoms with Crippen LogP contribution in [0.2, 0.25) is 0 Å². The normalized spacial score (nSPS) is 11.7. The van der Waals surface area contributed by atoms with E-state index in [0.717, 1.165) is 12.8 Å². The summed E-state index contributed by atoms with van der Waals surface area (Å²) >= 11 is 0. The highest BCUT2D eigenvalue weighted by atomic mass is 32.2. The highest BCUT2D eigenvalue weighted by molar-refractivity contribution is 7.87. The van der Waals surface area contributed by atoms with Gasteiger partial charge in [0.05, 0.1) is 4.75 Å². The van der Waals surface area contributed by atoms with Crippen LogP contribution in [0.15, 0.2) is 30.3 Å². The minimum atomic E-state index is -4.31. The topological polar surface area (TPSA) is 57.2 Å². The van der Waals surface area contributed by atoms with Gasteiger partial charge in [0.15, 0.2) is 0 Å². The highest BCUT2D eigenvalue weighted by Crippen LogP contribution is 2.40. The lowest BCUT2D eigenvalue weighted by Crippen LogP contribution is -2.46. The quantitative estimate of drug-likeness (QED) is 0.649. The summed E-state index contributed by atoms with van der Waals surface area (Å²) in [7, 11) is -4.31. The van der Waals surface area contributed by atoms with E-state index in [0.29, 0.717) is 6.42 Å². The maximum Gasteiger partial charge on any atom is 0.100 e. The molecule has 0 bridgehead atoms. The number of hydrogen-bond donors (Lipinski definition) is 0. The predicted octanol–water partition coefficient (Wildman–Crippen LogP) is 5.41. The van der Waals surface area contributed by atoms with Crippen LogP contribution in [0.4, 0.5) is 0 Å². The van der Waals surface area contributed by atoms with E-state index in [4.69, 9.17) is 0 Å². The molecule has 0 aliphatic heterocycles. The van der Waals surface area contributed by atoms with Gasteiger partial charge in [-0.1, -0.05) is 71.9 Å². The molecule has 1 aromatic carbocycles. The average molecular weight is 344 g/mol. The largest absolute Gasteiger partial charge is 0.748 e. The monoisotopic (exact) mass is 343 g/mol. The fraction of sp³-hybridized carbons (Fsp3) is 0.684. The Bertz CT molecular complexity index is 503. The third kappa shape index (κ3) is 7.49. The molecule has 0 aliphatic rings. The number of rotatable bonds is 6. The molecule has 0 N–H and O–H groups in total. The Balaban J connectivity index is 0. The van der Waals surface area contributed by atoms with E-state index in [9.17, 15) is 13.0 Å². The van der Waals surface area contributed by atoms with Crippen LogP contribution in [0.3, 0.4) is 0 Å². The van der Waals surface area contributed by atoms with Crippen LogP contribution in [0.5, 0.6) is 0 Å². The molecule has 136 valence electrons. The van der Waals surface area contributed by atoms with E-state index in [1.165, 1.54) is 19.4 Å². The van der Waals surface area contributed by atoms with Gasteiger partial charge in [0, 0.05) is 0 Å². The summed E-state index contributed by atoms with van der Waals surface area (Å²) < 4.78 is 32.9. The van der Waals surface area contributed by atoms with Gasteiger partial charge in [0.25, 0.3) is 0 Å². The first-order chi connectivity index (χ1) is 10.6. The van der Waals surface area contributed by atoms with Crippen LogP contribution in [0, 0.1) is 5.41 Å². The van der Waals surface area contributed by atoms with Gasteiger partial charge >= 0.3 is 0 Å². The fourth-order valence-electron chi connectivity index (χ4n) is 2.02. The van der Waals surface area contributed by atoms with Gasteiger partial charge < -0.3 is 4.55 Å². The lowest BCUT2D eigenvalue weighted by atomic mass is 9.76. The van der Waals surface area contributed by atoms with Crippen molar-refractivity contribution in [3.05, 3.63) is 35.9 Å². The molecular weight excluding hydrogens is 308 g/mol. The van der Waals surface area contributed by atoms with Crippen LogP contribution >= 0.6 is 0 Å². The third-order valence-electron chi connectivity index (χ3n) is 4.36. The van der Waals surface area contributed by atoms with Crippen LogP contribution in [-0.2, 0) is 16.5 Å². The van der Waals surface area contributed by atoms with Crippen molar-refractivity contribution in [1.82, 2.24) is 0 Å². The molecule has 1 aromatic rings. The van der Waals surface area contributed by atoms with E-state index in [1.54, 1.807) is 0 Å². The summed E-state index contributed by atoms with van der Waals surface area (Å²) in [5.74, 6) is 0. The number of benzene rings is 1. The molecule has 4 heteroatoms. The lowest BCUT2D eigenvalue weighted by Gasteiger charge is -2.43. The second-order valence-electron chi connectivity index (χ2n) is 6.19. The Morgan fingerprint density at radius 2 is 1.35 bits per heavy atom. The first-order valence-electron chi connectivity index (χ1n) is 8.57. The van der Waals surface area contributed by atoms with Crippen molar-refractivity contribution in [2.24, 2.45) is 5.41 Å². The third-order valence-corrected chi connectivity index (χ3v) is 6.17. The molecule has 0 saturated carbocycles. The van der Waals surface area contributed by atoms with Crippen molar-refractivity contribution < 1.29 is 13.0 Å². The Morgan fingerprint density at radius 3 is 1.74 bits per heavy atom. The predicted molar refractivity (Wildman–Crippen MR) is 99.6 cm³/mol. The molecule has 0 aliphatic carbocycles. The van der Waals surface area contributed by atoms with Gasteiger partial charge in [-0.2, -0.15) is 0 Å². The van der Waals surface area contributed by atoms with Crippen molar-refractivity contribution >= 4 is 10.1 Å². The second kappa shape index (κ2) is 10.8. The summed E-state index contributed by atoms with van der Waals surface area (Å²) in [5, 5.41) is 0. The van der Waals surface area contributed by atoms with Gasteiger partial charge in [0.1, 0.15) is 10.1 Å². The molecule has 0 radical (unpaired) electrons. The average Bonchev–Trinajstić information content (AvgIpc) is 2.51. The molecule has 0 saturated heterocycles. The standard InChI is InChI=1S/C15H24O3S.2C2H6/c1-14(2,15(3,4)19(16,17)18)12-8-11-13-9-6-5-7-10-13;2*1-2/h5-7,9-10H,8,11-12H2,1-4H3,(H,16,17,18);2*1-2H3/p-1. The summed E-state index contributed by atoms with van der Waals surface area (Å²) in [6, 6.07) is 10.1. The van der Waals surface area contributed by atoms with Gasteiger partial charge in [0.2, 0.25) is 0 Å². The molecule has 0 atom stereocenters. The maximum absolute atomic E-state index is 11.4. The fourth-order valence-corrected chi connectivity index (χ4v) is 2.80. The zero-order valence-corrected chi connectivity index (χ0v) is 17.0. The Labute approximate surface area is 144 Å².